The van der Waals surface area contributed by atoms with Gasteiger partial charge in [-0.15, -0.1) is 6.58 Å². The zero-order valence-corrected chi connectivity index (χ0v) is 6.12. The van der Waals surface area contributed by atoms with Crippen LogP contribution in [0.2, 0.25) is 0 Å². The van der Waals surface area contributed by atoms with Crippen molar-refractivity contribution in [2.45, 2.75) is 0 Å². The maximum atomic E-state index is 10.4. The highest BCUT2D eigenvalue weighted by Crippen LogP contribution is 1.86. The molecule has 0 aromatic heterocycles. The molecule has 0 aromatic rings. The molecule has 0 bridgehead atoms. The summed E-state index contributed by atoms with van der Waals surface area (Å²) in [5.41, 5.74) is 0. The Bertz CT molecular complexity index is 141. The van der Waals surface area contributed by atoms with E-state index in [0.717, 1.165) is 0 Å². The van der Waals surface area contributed by atoms with Gasteiger partial charge in [-0.25, -0.2) is 4.79 Å². The van der Waals surface area contributed by atoms with Crippen molar-refractivity contribution < 1.29 is 19.3 Å². The van der Waals surface area contributed by atoms with Crippen molar-refractivity contribution in [1.82, 2.24) is 0 Å². The summed E-state index contributed by atoms with van der Waals surface area (Å²) >= 11 is 0. The second kappa shape index (κ2) is 6.82. The van der Waals surface area contributed by atoms with Crippen molar-refractivity contribution in [2.75, 3.05) is 13.2 Å². The summed E-state index contributed by atoms with van der Waals surface area (Å²) in [4.78, 5) is 18.8. The lowest BCUT2D eigenvalue weighted by Crippen LogP contribution is -2.07. The van der Waals surface area contributed by atoms with Gasteiger partial charge in [-0.2, -0.15) is 4.89 Å². The maximum absolute atomic E-state index is 10.4. The molecule has 0 saturated heterocycles. The molecule has 0 atom stereocenters. The van der Waals surface area contributed by atoms with Crippen molar-refractivity contribution in [3.63, 3.8) is 0 Å². The highest BCUT2D eigenvalue weighted by molar-refractivity contribution is 5.59. The van der Waals surface area contributed by atoms with Crippen LogP contribution in [0.3, 0.4) is 0 Å². The largest absolute Gasteiger partial charge is 0.540 e. The zero-order chi connectivity index (χ0) is 8.53. The van der Waals surface area contributed by atoms with Crippen LogP contribution in [0.4, 0.5) is 4.79 Å². The van der Waals surface area contributed by atoms with E-state index in [1.54, 1.807) is 0 Å². The Morgan fingerprint density at radius 1 is 1.27 bits per heavy atom. The van der Waals surface area contributed by atoms with Crippen LogP contribution in [0, 0.1) is 0 Å². The van der Waals surface area contributed by atoms with Gasteiger partial charge in [-0.05, 0) is 0 Å². The van der Waals surface area contributed by atoms with E-state index in [1.807, 2.05) is 0 Å². The summed E-state index contributed by atoms with van der Waals surface area (Å²) in [6.45, 7) is 6.94. The van der Waals surface area contributed by atoms with Crippen LogP contribution in [0.25, 0.3) is 0 Å². The van der Waals surface area contributed by atoms with Crippen molar-refractivity contribution in [1.29, 1.82) is 0 Å². The monoisotopic (exact) mass is 158 g/mol. The molecule has 0 heterocycles. The predicted octanol–water partition coefficient (Wildman–Crippen LogP) is 1.44. The van der Waals surface area contributed by atoms with Crippen molar-refractivity contribution >= 4 is 6.16 Å². The van der Waals surface area contributed by atoms with Gasteiger partial charge >= 0.3 is 6.16 Å². The minimum Gasteiger partial charge on any atom is -0.428 e. The van der Waals surface area contributed by atoms with E-state index >= 15 is 0 Å². The summed E-state index contributed by atoms with van der Waals surface area (Å²) < 4.78 is 4.40. The third kappa shape index (κ3) is 6.60. The molecule has 0 radical (unpaired) electrons. The van der Waals surface area contributed by atoms with Crippen molar-refractivity contribution in [3.05, 3.63) is 25.3 Å². The zero-order valence-electron chi connectivity index (χ0n) is 6.12. The molecular weight excluding hydrogens is 148 g/mol. The number of rotatable bonds is 5. The Kier molecular flexibility index (Phi) is 6.02. The van der Waals surface area contributed by atoms with Gasteiger partial charge in [0.25, 0.3) is 0 Å². The fourth-order valence-electron chi connectivity index (χ4n) is 0.281. The Morgan fingerprint density at radius 2 is 1.91 bits per heavy atom. The SMILES string of the molecule is C=CCOOC(=O)OCC=C. The van der Waals surface area contributed by atoms with E-state index in [2.05, 4.69) is 27.7 Å². The number of ether oxygens (including phenoxy) is 1. The van der Waals surface area contributed by atoms with E-state index in [9.17, 15) is 4.79 Å². The topological polar surface area (TPSA) is 44.8 Å². The van der Waals surface area contributed by atoms with E-state index < -0.39 is 6.16 Å². The van der Waals surface area contributed by atoms with Crippen LogP contribution in [0.15, 0.2) is 25.3 Å². The third-order valence-electron chi connectivity index (χ3n) is 0.632. The van der Waals surface area contributed by atoms with E-state index in [4.69, 9.17) is 0 Å². The Hall–Kier alpha value is -1.29. The molecule has 0 fully saturated rings. The first-order valence-electron chi connectivity index (χ1n) is 2.99. The average Bonchev–Trinajstić information content (AvgIpc) is 2.01. The predicted molar refractivity (Wildman–Crippen MR) is 38.8 cm³/mol. The van der Waals surface area contributed by atoms with Gasteiger partial charge in [0.15, 0.2) is 0 Å². The Morgan fingerprint density at radius 3 is 2.45 bits per heavy atom. The quantitative estimate of drug-likeness (QED) is 0.200. The number of carbonyl (C=O) groups excluding carboxylic acids is 1. The van der Waals surface area contributed by atoms with Gasteiger partial charge in [0.1, 0.15) is 13.2 Å². The summed E-state index contributed by atoms with van der Waals surface area (Å²) in [6.07, 6.45) is 1.99. The van der Waals surface area contributed by atoms with Crippen LogP contribution >= 0.6 is 0 Å². The fraction of sp³-hybridized carbons (Fsp3) is 0.286. The highest BCUT2D eigenvalue weighted by Gasteiger charge is 2.01. The molecule has 4 nitrogen and oxygen atoms in total. The molecule has 11 heavy (non-hydrogen) atoms. The Labute approximate surface area is 65.0 Å². The lowest BCUT2D eigenvalue weighted by Gasteiger charge is -1.99. The Balaban J connectivity index is 3.21. The first kappa shape index (κ1) is 9.71. The van der Waals surface area contributed by atoms with Gasteiger partial charge in [-0.3, -0.25) is 4.89 Å². The molecular formula is C7H10O4. The fourth-order valence-corrected chi connectivity index (χ4v) is 0.281. The van der Waals surface area contributed by atoms with Gasteiger partial charge in [-0.1, -0.05) is 18.7 Å². The minimum absolute atomic E-state index is 0.107. The second-order valence-corrected chi connectivity index (χ2v) is 1.51. The molecule has 0 aliphatic heterocycles. The van der Waals surface area contributed by atoms with Gasteiger partial charge in [0, 0.05) is 0 Å². The van der Waals surface area contributed by atoms with E-state index in [1.165, 1.54) is 12.2 Å². The molecule has 0 N–H and O–H groups in total. The van der Waals surface area contributed by atoms with Gasteiger partial charge < -0.3 is 4.74 Å². The van der Waals surface area contributed by atoms with Gasteiger partial charge in [0.2, 0.25) is 0 Å². The lowest BCUT2D eigenvalue weighted by atomic mass is 10.7. The number of hydrogen-bond donors (Lipinski definition) is 0. The molecule has 0 aromatic carbocycles. The smallest absolute Gasteiger partial charge is 0.428 e. The summed E-state index contributed by atoms with van der Waals surface area (Å²) in [6, 6.07) is 0. The number of carbonyl (C=O) groups is 1. The molecule has 0 amide bonds. The summed E-state index contributed by atoms with van der Waals surface area (Å²) in [7, 11) is 0. The van der Waals surface area contributed by atoms with Gasteiger partial charge in [0.05, 0.1) is 0 Å². The van der Waals surface area contributed by atoms with Crippen LogP contribution < -0.4 is 0 Å². The first-order chi connectivity index (χ1) is 5.31. The summed E-state index contributed by atoms with van der Waals surface area (Å²) in [5, 5.41) is 0. The van der Waals surface area contributed by atoms with Crippen LogP contribution in [0.5, 0.6) is 0 Å². The van der Waals surface area contributed by atoms with Crippen LogP contribution in [0.1, 0.15) is 0 Å². The molecule has 0 saturated carbocycles. The molecule has 0 spiro atoms. The standard InChI is InChI=1S/C7H10O4/c1-3-5-9-7(8)11-10-6-4-2/h3-4H,1-2,5-6H2. The minimum atomic E-state index is -0.883. The molecule has 62 valence electrons. The van der Waals surface area contributed by atoms with Crippen molar-refractivity contribution in [2.24, 2.45) is 0 Å². The maximum Gasteiger partial charge on any atom is 0.540 e. The lowest BCUT2D eigenvalue weighted by molar-refractivity contribution is -0.245. The normalized spacial score (nSPS) is 8.36. The van der Waals surface area contributed by atoms with E-state index in [-0.39, 0.29) is 13.2 Å². The molecule has 4 heteroatoms. The first-order valence-corrected chi connectivity index (χ1v) is 2.99. The van der Waals surface area contributed by atoms with E-state index in [0.29, 0.717) is 0 Å². The molecule has 0 aliphatic carbocycles. The summed E-state index contributed by atoms with van der Waals surface area (Å²) in [5.74, 6) is 0. The average molecular weight is 158 g/mol. The van der Waals surface area contributed by atoms with Crippen LogP contribution in [-0.4, -0.2) is 19.4 Å². The molecule has 0 rings (SSSR count). The van der Waals surface area contributed by atoms with Crippen LogP contribution in [-0.2, 0) is 14.5 Å². The second-order valence-electron chi connectivity index (χ2n) is 1.51. The third-order valence-corrected chi connectivity index (χ3v) is 0.632. The number of hydrogen-bond acceptors (Lipinski definition) is 4. The molecule has 0 unspecified atom stereocenters. The highest BCUT2D eigenvalue weighted by atomic mass is 17.2. The molecule has 0 aliphatic rings. The van der Waals surface area contributed by atoms with Crippen molar-refractivity contribution in [3.8, 4) is 0 Å².